The number of halogens is 2. The monoisotopic (exact) mass is 711 g/mol. The van der Waals surface area contributed by atoms with Crippen LogP contribution in [0.5, 0.6) is 11.5 Å². The van der Waals surface area contributed by atoms with E-state index in [1.54, 1.807) is 34.7 Å². The molecule has 5 rings (SSSR count). The molecule has 2 aliphatic rings. The second kappa shape index (κ2) is 15.9. The zero-order chi connectivity index (χ0) is 35.2. The van der Waals surface area contributed by atoms with Crippen molar-refractivity contribution in [1.29, 1.82) is 0 Å². The van der Waals surface area contributed by atoms with Crippen LogP contribution in [0, 0.1) is 11.8 Å². The SMILES string of the molecule is C=CC(=O)NC1CCOCC1Nc1ncc2cc(-c3c(Cl)c(OC)cc(OC)c3Cl)c(=O)n(CCC3CN(C(=O)C#CC)CCN3C)c2n1. The fourth-order valence-electron chi connectivity index (χ4n) is 6.10. The van der Waals surface area contributed by atoms with Gasteiger partial charge >= 0.3 is 0 Å². The number of methoxy groups -OCH3 is 2. The predicted octanol–water partition coefficient (Wildman–Crippen LogP) is 3.21. The van der Waals surface area contributed by atoms with E-state index in [4.69, 9.17) is 42.4 Å². The minimum Gasteiger partial charge on any atom is -0.495 e. The molecule has 15 heteroatoms. The number of rotatable bonds is 10. The molecule has 2 aromatic heterocycles. The summed E-state index contributed by atoms with van der Waals surface area (Å²) in [5, 5.41) is 7.08. The van der Waals surface area contributed by atoms with Crippen LogP contribution in [-0.4, -0.2) is 108 Å². The number of piperazine rings is 1. The number of aromatic nitrogens is 3. The van der Waals surface area contributed by atoms with Crippen LogP contribution in [-0.2, 0) is 20.9 Å². The number of pyridine rings is 1. The molecule has 260 valence electrons. The van der Waals surface area contributed by atoms with Gasteiger partial charge in [-0.25, -0.2) is 4.98 Å². The van der Waals surface area contributed by atoms with E-state index in [1.165, 1.54) is 20.3 Å². The van der Waals surface area contributed by atoms with E-state index < -0.39 is 5.56 Å². The molecule has 0 spiro atoms. The van der Waals surface area contributed by atoms with Crippen molar-refractivity contribution in [2.75, 3.05) is 59.4 Å². The lowest BCUT2D eigenvalue weighted by molar-refractivity contribution is -0.127. The molecule has 2 N–H and O–H groups in total. The highest BCUT2D eigenvalue weighted by Gasteiger charge is 2.30. The van der Waals surface area contributed by atoms with Gasteiger partial charge in [-0.1, -0.05) is 35.7 Å². The van der Waals surface area contributed by atoms with Gasteiger partial charge in [-0.3, -0.25) is 23.9 Å². The number of aryl methyl sites for hydroxylation is 1. The number of amides is 2. The summed E-state index contributed by atoms with van der Waals surface area (Å²) in [7, 11) is 4.92. The van der Waals surface area contributed by atoms with Gasteiger partial charge in [0.2, 0.25) is 11.9 Å². The molecule has 0 saturated carbocycles. The van der Waals surface area contributed by atoms with Crippen LogP contribution in [0.4, 0.5) is 5.95 Å². The fraction of sp³-hybridized carbons (Fsp3) is 0.441. The minimum absolute atomic E-state index is 0.0564. The molecular formula is C34H39Cl2N7O6. The number of carbonyl (C=O) groups excluding carboxylic acids is 2. The number of nitrogens with zero attached hydrogens (tertiary/aromatic N) is 5. The second-order valence-corrected chi connectivity index (χ2v) is 12.5. The summed E-state index contributed by atoms with van der Waals surface area (Å²) in [6, 6.07) is 2.57. The molecule has 0 radical (unpaired) electrons. The van der Waals surface area contributed by atoms with E-state index in [9.17, 15) is 14.4 Å². The molecule has 2 amide bonds. The summed E-state index contributed by atoms with van der Waals surface area (Å²) >= 11 is 13.6. The quantitative estimate of drug-likeness (QED) is 0.238. The van der Waals surface area contributed by atoms with E-state index in [0.29, 0.717) is 56.7 Å². The van der Waals surface area contributed by atoms with Crippen molar-refractivity contribution >= 4 is 52.0 Å². The van der Waals surface area contributed by atoms with Gasteiger partial charge in [0.15, 0.2) is 0 Å². The topological polar surface area (TPSA) is 140 Å². The summed E-state index contributed by atoms with van der Waals surface area (Å²) in [4.78, 5) is 52.5. The summed E-state index contributed by atoms with van der Waals surface area (Å²) < 4.78 is 18.2. The summed E-state index contributed by atoms with van der Waals surface area (Å²) in [6.07, 6.45) is 3.94. The van der Waals surface area contributed by atoms with Crippen molar-refractivity contribution in [3.05, 3.63) is 51.4 Å². The zero-order valence-electron chi connectivity index (χ0n) is 27.8. The van der Waals surface area contributed by atoms with Crippen LogP contribution in [0.1, 0.15) is 19.8 Å². The Hall–Kier alpha value is -4.35. The Morgan fingerprint density at radius 2 is 1.90 bits per heavy atom. The number of benzene rings is 1. The number of hydrogen-bond acceptors (Lipinski definition) is 10. The van der Waals surface area contributed by atoms with Crippen molar-refractivity contribution in [2.45, 2.75) is 44.4 Å². The molecule has 2 fully saturated rings. The summed E-state index contributed by atoms with van der Waals surface area (Å²) in [5.74, 6) is 5.62. The van der Waals surface area contributed by atoms with Crippen LogP contribution >= 0.6 is 23.2 Å². The van der Waals surface area contributed by atoms with Crippen molar-refractivity contribution in [3.8, 4) is 34.5 Å². The molecule has 0 bridgehead atoms. The number of ether oxygens (including phenoxy) is 3. The van der Waals surface area contributed by atoms with Crippen molar-refractivity contribution in [3.63, 3.8) is 0 Å². The van der Waals surface area contributed by atoms with E-state index >= 15 is 0 Å². The van der Waals surface area contributed by atoms with Gasteiger partial charge in [0, 0.05) is 62.0 Å². The molecule has 0 aliphatic carbocycles. The maximum Gasteiger partial charge on any atom is 0.298 e. The molecule has 4 heterocycles. The van der Waals surface area contributed by atoms with Gasteiger partial charge in [-0.05, 0) is 44.9 Å². The molecule has 49 heavy (non-hydrogen) atoms. The number of anilines is 1. The minimum atomic E-state index is -0.392. The first-order chi connectivity index (χ1) is 23.6. The lowest BCUT2D eigenvalue weighted by Crippen LogP contribution is -2.53. The van der Waals surface area contributed by atoms with Crippen molar-refractivity contribution < 1.29 is 23.8 Å². The highest BCUT2D eigenvalue weighted by molar-refractivity contribution is 6.41. The molecule has 1 aromatic carbocycles. The zero-order valence-corrected chi connectivity index (χ0v) is 29.4. The lowest BCUT2D eigenvalue weighted by atomic mass is 10.0. The highest BCUT2D eigenvalue weighted by atomic mass is 35.5. The first-order valence-electron chi connectivity index (χ1n) is 15.8. The highest BCUT2D eigenvalue weighted by Crippen LogP contribution is 2.45. The Morgan fingerprint density at radius 1 is 1.16 bits per heavy atom. The molecule has 2 aliphatic heterocycles. The number of fused-ring (bicyclic) bond motifs is 1. The van der Waals surface area contributed by atoms with E-state index in [-0.39, 0.29) is 75.1 Å². The van der Waals surface area contributed by atoms with E-state index in [0.717, 1.165) is 0 Å². The first kappa shape index (κ1) is 35.9. The number of hydrogen-bond donors (Lipinski definition) is 2. The molecular weight excluding hydrogens is 673 g/mol. The van der Waals surface area contributed by atoms with Crippen LogP contribution in [0.3, 0.4) is 0 Å². The largest absolute Gasteiger partial charge is 0.495 e. The average molecular weight is 713 g/mol. The number of nitrogens with one attached hydrogen (secondary N) is 2. The Kier molecular flexibility index (Phi) is 11.7. The third-order valence-corrected chi connectivity index (χ3v) is 9.59. The van der Waals surface area contributed by atoms with Crippen molar-refractivity contribution in [2.24, 2.45) is 0 Å². The van der Waals surface area contributed by atoms with E-state index in [1.807, 2.05) is 7.05 Å². The maximum atomic E-state index is 14.5. The first-order valence-corrected chi connectivity index (χ1v) is 16.6. The molecule has 3 unspecified atom stereocenters. The van der Waals surface area contributed by atoms with Gasteiger partial charge in [-0.15, -0.1) is 0 Å². The van der Waals surface area contributed by atoms with Gasteiger partial charge in [0.25, 0.3) is 11.5 Å². The summed E-state index contributed by atoms with van der Waals surface area (Å²) in [6.45, 7) is 7.92. The van der Waals surface area contributed by atoms with Gasteiger partial charge in [0.1, 0.15) is 17.1 Å². The third-order valence-electron chi connectivity index (χ3n) is 8.84. The Labute approximate surface area is 294 Å². The lowest BCUT2D eigenvalue weighted by Gasteiger charge is -2.38. The Balaban J connectivity index is 1.59. The second-order valence-electron chi connectivity index (χ2n) is 11.8. The van der Waals surface area contributed by atoms with Crippen LogP contribution in [0.25, 0.3) is 22.2 Å². The fourth-order valence-corrected chi connectivity index (χ4v) is 6.81. The third kappa shape index (κ3) is 7.78. The molecule has 2 saturated heterocycles. The number of carbonyl (C=O) groups is 2. The Bertz CT molecular complexity index is 1850. The summed E-state index contributed by atoms with van der Waals surface area (Å²) in [5.41, 5.74) is 0.452. The van der Waals surface area contributed by atoms with E-state index in [2.05, 4.69) is 38.9 Å². The van der Waals surface area contributed by atoms with Gasteiger partial charge < -0.3 is 29.7 Å². The predicted molar refractivity (Wildman–Crippen MR) is 188 cm³/mol. The van der Waals surface area contributed by atoms with Crippen LogP contribution in [0.15, 0.2) is 35.8 Å². The Morgan fingerprint density at radius 3 is 2.57 bits per heavy atom. The normalized spacial score (nSPS) is 19.5. The molecule has 3 aromatic rings. The van der Waals surface area contributed by atoms with Gasteiger partial charge in [0.05, 0.1) is 48.5 Å². The molecule has 13 nitrogen and oxygen atoms in total. The van der Waals surface area contributed by atoms with Crippen LogP contribution < -0.4 is 25.7 Å². The van der Waals surface area contributed by atoms with Crippen molar-refractivity contribution in [1.82, 2.24) is 29.7 Å². The smallest absolute Gasteiger partial charge is 0.298 e. The number of likely N-dealkylation sites (N-methyl/N-ethyl adjacent to an activating group) is 1. The van der Waals surface area contributed by atoms with Crippen LogP contribution in [0.2, 0.25) is 10.0 Å². The van der Waals surface area contributed by atoms with Gasteiger partial charge in [-0.2, -0.15) is 4.98 Å². The standard InChI is InChI=1S/C34H39Cl2N7O6/c1-6-8-28(45)42-13-12-41(3)21(18-42)9-11-43-32-20(15-22(33(43)46)29-30(35)25(47-4)16-26(48-5)31(29)36)17-37-34(40-32)39-24-19-49-14-10-23(24)38-27(44)7-2/h7,15-17,21,23-24H,2,9-14,18-19H2,1,3-5H3,(H,38,44)(H,37,39,40). The maximum absolute atomic E-state index is 14.5. The molecule has 3 atom stereocenters. The average Bonchev–Trinajstić information content (AvgIpc) is 3.10.